The van der Waals surface area contributed by atoms with Crippen molar-refractivity contribution in [1.82, 2.24) is 5.32 Å². The molecule has 1 aliphatic rings. The minimum absolute atomic E-state index is 0.120. The van der Waals surface area contributed by atoms with Crippen molar-refractivity contribution in [2.75, 3.05) is 6.61 Å². The lowest BCUT2D eigenvalue weighted by Crippen LogP contribution is -2.40. The van der Waals surface area contributed by atoms with Gasteiger partial charge in [0.25, 0.3) is 0 Å². The van der Waals surface area contributed by atoms with Crippen molar-refractivity contribution in [1.29, 1.82) is 0 Å². The predicted molar refractivity (Wildman–Crippen MR) is 56.2 cm³/mol. The molecule has 0 spiro atoms. The summed E-state index contributed by atoms with van der Waals surface area (Å²) in [5.74, 6) is -0.631. The molecule has 0 bridgehead atoms. The number of rotatable bonds is 5. The second-order valence-corrected chi connectivity index (χ2v) is 3.98. The molecular weight excluding hydrogens is 194 g/mol. The topological polar surface area (TPSA) is 55.4 Å². The van der Waals surface area contributed by atoms with Crippen LogP contribution in [0.4, 0.5) is 0 Å². The first-order valence-corrected chi connectivity index (χ1v) is 5.65. The zero-order valence-corrected chi connectivity index (χ0v) is 9.41. The molecule has 4 heteroatoms. The Balaban J connectivity index is 2.29. The standard InChI is InChI=1S/C11H19NO3/c1-3-9(7-8-5-6-8)12-10(13)11(14)15-4-2/h8-9H,3-7H2,1-2H3,(H,12,13). The lowest BCUT2D eigenvalue weighted by atomic mass is 10.1. The Hall–Kier alpha value is -1.06. The fraction of sp³-hybridized carbons (Fsp3) is 0.818. The Labute approximate surface area is 90.4 Å². The molecule has 1 fully saturated rings. The molecule has 0 aliphatic heterocycles. The average molecular weight is 213 g/mol. The lowest BCUT2D eigenvalue weighted by molar-refractivity contribution is -0.154. The van der Waals surface area contributed by atoms with Crippen LogP contribution in [-0.2, 0) is 14.3 Å². The molecule has 0 heterocycles. The van der Waals surface area contributed by atoms with Crippen molar-refractivity contribution in [2.45, 2.75) is 45.6 Å². The summed E-state index contributed by atoms with van der Waals surface area (Å²) in [4.78, 5) is 22.4. The van der Waals surface area contributed by atoms with E-state index in [2.05, 4.69) is 10.1 Å². The number of nitrogens with one attached hydrogen (secondary N) is 1. The third kappa shape index (κ3) is 4.32. The molecule has 0 aromatic heterocycles. The van der Waals surface area contributed by atoms with Crippen LogP contribution in [0, 0.1) is 5.92 Å². The maximum atomic E-state index is 11.3. The zero-order chi connectivity index (χ0) is 11.3. The van der Waals surface area contributed by atoms with E-state index in [-0.39, 0.29) is 12.6 Å². The minimum atomic E-state index is -0.772. The number of carbonyl (C=O) groups is 2. The number of hydrogen-bond acceptors (Lipinski definition) is 3. The van der Waals surface area contributed by atoms with E-state index in [1.807, 2.05) is 6.92 Å². The van der Waals surface area contributed by atoms with Crippen LogP contribution in [0.5, 0.6) is 0 Å². The maximum Gasteiger partial charge on any atom is 0.396 e. The number of esters is 1. The third-order valence-corrected chi connectivity index (χ3v) is 2.60. The van der Waals surface area contributed by atoms with Gasteiger partial charge in [-0.15, -0.1) is 0 Å². The Morgan fingerprint density at radius 3 is 2.53 bits per heavy atom. The second kappa shape index (κ2) is 5.73. The Morgan fingerprint density at radius 1 is 1.40 bits per heavy atom. The first kappa shape index (κ1) is 12.0. The molecule has 0 aromatic rings. The molecule has 86 valence electrons. The highest BCUT2D eigenvalue weighted by Crippen LogP contribution is 2.33. The summed E-state index contributed by atoms with van der Waals surface area (Å²) in [5, 5.41) is 2.71. The second-order valence-electron chi connectivity index (χ2n) is 3.98. The van der Waals surface area contributed by atoms with Crippen LogP contribution in [0.1, 0.15) is 39.5 Å². The quantitative estimate of drug-likeness (QED) is 0.552. The molecule has 0 radical (unpaired) electrons. The monoisotopic (exact) mass is 213 g/mol. The predicted octanol–water partition coefficient (Wildman–Crippen LogP) is 1.24. The zero-order valence-electron chi connectivity index (χ0n) is 9.41. The highest BCUT2D eigenvalue weighted by atomic mass is 16.5. The highest BCUT2D eigenvalue weighted by molar-refractivity contribution is 6.32. The number of carbonyl (C=O) groups excluding carboxylic acids is 2. The molecule has 1 saturated carbocycles. The molecule has 0 saturated heterocycles. The van der Waals surface area contributed by atoms with Crippen molar-refractivity contribution in [3.05, 3.63) is 0 Å². The summed E-state index contributed by atoms with van der Waals surface area (Å²) >= 11 is 0. The highest BCUT2D eigenvalue weighted by Gasteiger charge is 2.27. The maximum absolute atomic E-state index is 11.3. The van der Waals surface area contributed by atoms with Gasteiger partial charge in [-0.3, -0.25) is 4.79 Å². The van der Waals surface area contributed by atoms with E-state index in [0.717, 1.165) is 18.8 Å². The molecular formula is C11H19NO3. The van der Waals surface area contributed by atoms with E-state index in [9.17, 15) is 9.59 Å². The molecule has 1 N–H and O–H groups in total. The van der Waals surface area contributed by atoms with E-state index < -0.39 is 11.9 Å². The van der Waals surface area contributed by atoms with Gasteiger partial charge in [-0.25, -0.2) is 4.79 Å². The summed E-state index contributed by atoms with van der Waals surface area (Å²) in [6.07, 6.45) is 4.36. The SMILES string of the molecule is CCOC(=O)C(=O)NC(CC)CC1CC1. The minimum Gasteiger partial charge on any atom is -0.459 e. The fourth-order valence-electron chi connectivity index (χ4n) is 1.52. The van der Waals surface area contributed by atoms with E-state index in [0.29, 0.717) is 0 Å². The summed E-state index contributed by atoms with van der Waals surface area (Å²) in [6, 6.07) is 0.120. The van der Waals surface area contributed by atoms with Gasteiger partial charge in [-0.05, 0) is 25.7 Å². The van der Waals surface area contributed by atoms with Crippen LogP contribution in [0.3, 0.4) is 0 Å². The smallest absolute Gasteiger partial charge is 0.396 e. The fourth-order valence-corrected chi connectivity index (χ4v) is 1.52. The number of hydrogen-bond donors (Lipinski definition) is 1. The van der Waals surface area contributed by atoms with Gasteiger partial charge in [0.1, 0.15) is 0 Å². The van der Waals surface area contributed by atoms with Crippen LogP contribution < -0.4 is 5.32 Å². The van der Waals surface area contributed by atoms with Crippen molar-refractivity contribution in [3.63, 3.8) is 0 Å². The van der Waals surface area contributed by atoms with Gasteiger partial charge in [0.15, 0.2) is 0 Å². The normalized spacial score (nSPS) is 16.9. The van der Waals surface area contributed by atoms with E-state index in [1.165, 1.54) is 12.8 Å². The molecule has 1 aliphatic carbocycles. The van der Waals surface area contributed by atoms with Crippen LogP contribution in [-0.4, -0.2) is 24.5 Å². The van der Waals surface area contributed by atoms with Crippen LogP contribution >= 0.6 is 0 Å². The average Bonchev–Trinajstić information content (AvgIpc) is 3.00. The van der Waals surface area contributed by atoms with E-state index in [4.69, 9.17) is 0 Å². The summed E-state index contributed by atoms with van der Waals surface area (Å²) < 4.78 is 4.62. The van der Waals surface area contributed by atoms with Crippen LogP contribution in [0.15, 0.2) is 0 Å². The Kier molecular flexibility index (Phi) is 4.59. The van der Waals surface area contributed by atoms with E-state index >= 15 is 0 Å². The molecule has 0 aromatic carbocycles. The lowest BCUT2D eigenvalue weighted by Gasteiger charge is -2.15. The first-order valence-electron chi connectivity index (χ1n) is 5.65. The van der Waals surface area contributed by atoms with Gasteiger partial charge < -0.3 is 10.1 Å². The van der Waals surface area contributed by atoms with Crippen LogP contribution in [0.25, 0.3) is 0 Å². The van der Waals surface area contributed by atoms with Gasteiger partial charge >= 0.3 is 11.9 Å². The molecule has 15 heavy (non-hydrogen) atoms. The van der Waals surface area contributed by atoms with Gasteiger partial charge in [-0.2, -0.15) is 0 Å². The summed E-state index contributed by atoms with van der Waals surface area (Å²) in [5.41, 5.74) is 0. The molecule has 1 unspecified atom stereocenters. The largest absolute Gasteiger partial charge is 0.459 e. The molecule has 1 atom stereocenters. The Bertz CT molecular complexity index is 236. The van der Waals surface area contributed by atoms with Gasteiger partial charge in [0, 0.05) is 6.04 Å². The number of amides is 1. The van der Waals surface area contributed by atoms with Crippen molar-refractivity contribution in [3.8, 4) is 0 Å². The Morgan fingerprint density at radius 2 is 2.07 bits per heavy atom. The molecule has 1 amide bonds. The van der Waals surface area contributed by atoms with Crippen molar-refractivity contribution < 1.29 is 14.3 Å². The van der Waals surface area contributed by atoms with Crippen molar-refractivity contribution >= 4 is 11.9 Å². The first-order chi connectivity index (χ1) is 7.17. The van der Waals surface area contributed by atoms with Gasteiger partial charge in [-0.1, -0.05) is 19.8 Å². The van der Waals surface area contributed by atoms with Gasteiger partial charge in [0.05, 0.1) is 6.61 Å². The van der Waals surface area contributed by atoms with Crippen molar-refractivity contribution in [2.24, 2.45) is 5.92 Å². The van der Waals surface area contributed by atoms with Crippen LogP contribution in [0.2, 0.25) is 0 Å². The summed E-state index contributed by atoms with van der Waals surface area (Å²) in [6.45, 7) is 3.94. The van der Waals surface area contributed by atoms with Gasteiger partial charge in [0.2, 0.25) is 0 Å². The molecule has 4 nitrogen and oxygen atoms in total. The number of ether oxygens (including phenoxy) is 1. The third-order valence-electron chi connectivity index (χ3n) is 2.60. The summed E-state index contributed by atoms with van der Waals surface area (Å²) in [7, 11) is 0. The molecule has 1 rings (SSSR count). The van der Waals surface area contributed by atoms with E-state index in [1.54, 1.807) is 6.92 Å².